The molecule has 1 aliphatic heterocycles. The van der Waals surface area contributed by atoms with Gasteiger partial charge in [-0.1, -0.05) is 45.4 Å². The van der Waals surface area contributed by atoms with Gasteiger partial charge in [-0.3, -0.25) is 14.9 Å². The minimum absolute atomic E-state index is 0.0977. The molecule has 150 valence electrons. The van der Waals surface area contributed by atoms with Crippen molar-refractivity contribution in [3.63, 3.8) is 0 Å². The van der Waals surface area contributed by atoms with Gasteiger partial charge in [-0.05, 0) is 60.7 Å². The van der Waals surface area contributed by atoms with Crippen molar-refractivity contribution < 1.29 is 14.4 Å². The van der Waals surface area contributed by atoms with E-state index in [1.54, 1.807) is 36.0 Å². The van der Waals surface area contributed by atoms with E-state index in [2.05, 4.69) is 21.2 Å². The molecule has 0 radical (unpaired) electrons. The van der Waals surface area contributed by atoms with Crippen LogP contribution in [0.15, 0.2) is 79.8 Å². The molecule has 1 fully saturated rings. The molecule has 30 heavy (non-hydrogen) atoms. The molecule has 0 aliphatic carbocycles. The molecule has 0 unspecified atom stereocenters. The average Bonchev–Trinajstić information content (AvgIpc) is 3.14. The highest BCUT2D eigenvalue weighted by Gasteiger charge is 2.36. The summed E-state index contributed by atoms with van der Waals surface area (Å²) in [6, 6.07) is 17.2. The van der Waals surface area contributed by atoms with Gasteiger partial charge in [-0.25, -0.2) is 9.69 Å². The fourth-order valence-electron chi connectivity index (χ4n) is 2.74. The predicted molar refractivity (Wildman–Crippen MR) is 123 cm³/mol. The molecule has 0 bridgehead atoms. The standard InChI is InChI=1S/C21H12BrClN2O3S2/c22-12-2-1-3-14(10-12)25-20(27)17(19(26)24-21(25)28)11-16-8-9-18(30-16)29-15-6-4-13(23)5-7-15/h1-11H,(H,24,26,28)/b17-11+. The van der Waals surface area contributed by atoms with Crippen LogP contribution in [-0.2, 0) is 9.59 Å². The van der Waals surface area contributed by atoms with E-state index in [-0.39, 0.29) is 5.57 Å². The molecule has 4 rings (SSSR count). The summed E-state index contributed by atoms with van der Waals surface area (Å²) < 4.78 is 1.71. The number of hydrogen-bond acceptors (Lipinski definition) is 5. The van der Waals surface area contributed by atoms with Crippen molar-refractivity contribution in [3.05, 3.63) is 80.6 Å². The van der Waals surface area contributed by atoms with Crippen LogP contribution >= 0.6 is 50.6 Å². The fourth-order valence-corrected chi connectivity index (χ4v) is 5.31. The normalized spacial score (nSPS) is 15.6. The molecule has 0 saturated carbocycles. The number of imide groups is 2. The van der Waals surface area contributed by atoms with Crippen LogP contribution in [-0.4, -0.2) is 17.8 Å². The summed E-state index contributed by atoms with van der Waals surface area (Å²) in [5.41, 5.74) is 0.273. The van der Waals surface area contributed by atoms with Crippen LogP contribution in [0.25, 0.3) is 6.08 Å². The highest BCUT2D eigenvalue weighted by atomic mass is 79.9. The van der Waals surface area contributed by atoms with Gasteiger partial charge in [-0.2, -0.15) is 0 Å². The van der Waals surface area contributed by atoms with Gasteiger partial charge in [0.15, 0.2) is 0 Å². The molecule has 1 saturated heterocycles. The number of thiophene rings is 1. The molecule has 4 amide bonds. The molecule has 9 heteroatoms. The van der Waals surface area contributed by atoms with Gasteiger partial charge in [0.2, 0.25) is 0 Å². The van der Waals surface area contributed by atoms with Crippen molar-refractivity contribution >= 4 is 80.2 Å². The van der Waals surface area contributed by atoms with E-state index in [0.717, 1.165) is 18.9 Å². The van der Waals surface area contributed by atoms with E-state index >= 15 is 0 Å². The van der Waals surface area contributed by atoms with Gasteiger partial charge >= 0.3 is 6.03 Å². The molecule has 0 atom stereocenters. The zero-order chi connectivity index (χ0) is 21.3. The molecule has 2 aromatic carbocycles. The highest BCUT2D eigenvalue weighted by molar-refractivity contribution is 9.10. The van der Waals surface area contributed by atoms with E-state index in [4.69, 9.17) is 11.6 Å². The van der Waals surface area contributed by atoms with Crippen LogP contribution in [0, 0.1) is 0 Å². The Hall–Kier alpha value is -2.39. The summed E-state index contributed by atoms with van der Waals surface area (Å²) >= 11 is 12.2. The fraction of sp³-hybridized carbons (Fsp3) is 0. The molecular weight excluding hydrogens is 508 g/mol. The first-order valence-corrected chi connectivity index (χ1v) is 11.4. The minimum Gasteiger partial charge on any atom is -0.273 e. The second kappa shape index (κ2) is 8.77. The van der Waals surface area contributed by atoms with Gasteiger partial charge in [0.1, 0.15) is 5.57 Å². The third-order valence-electron chi connectivity index (χ3n) is 4.09. The lowest BCUT2D eigenvalue weighted by molar-refractivity contribution is -0.122. The highest BCUT2D eigenvalue weighted by Crippen LogP contribution is 2.35. The largest absolute Gasteiger partial charge is 0.335 e. The lowest BCUT2D eigenvalue weighted by Gasteiger charge is -2.26. The van der Waals surface area contributed by atoms with Gasteiger partial charge in [-0.15, -0.1) is 11.3 Å². The average molecular weight is 520 g/mol. The molecular formula is C21H12BrClN2O3S2. The van der Waals surface area contributed by atoms with E-state index in [1.165, 1.54) is 17.4 Å². The molecule has 1 aromatic heterocycles. The van der Waals surface area contributed by atoms with Gasteiger partial charge in [0, 0.05) is 19.3 Å². The van der Waals surface area contributed by atoms with Crippen molar-refractivity contribution in [1.29, 1.82) is 0 Å². The quantitative estimate of drug-likeness (QED) is 0.340. The third kappa shape index (κ3) is 4.52. The second-order valence-electron chi connectivity index (χ2n) is 6.15. The number of anilines is 1. The number of halogens is 2. The van der Waals surface area contributed by atoms with E-state index in [1.807, 2.05) is 36.4 Å². The van der Waals surface area contributed by atoms with Crippen molar-refractivity contribution in [1.82, 2.24) is 5.32 Å². The van der Waals surface area contributed by atoms with Crippen LogP contribution in [0.5, 0.6) is 0 Å². The lowest BCUT2D eigenvalue weighted by atomic mass is 10.1. The zero-order valence-corrected chi connectivity index (χ0v) is 19.1. The van der Waals surface area contributed by atoms with Crippen LogP contribution in [0.3, 0.4) is 0 Å². The number of amides is 4. The molecule has 2 heterocycles. The number of benzene rings is 2. The van der Waals surface area contributed by atoms with Crippen molar-refractivity contribution in [3.8, 4) is 0 Å². The smallest absolute Gasteiger partial charge is 0.273 e. The SMILES string of the molecule is O=C1NC(=O)N(c2cccc(Br)c2)C(=O)/C1=C/c1ccc(Sc2ccc(Cl)cc2)s1. The Morgan fingerprint density at radius 3 is 2.53 bits per heavy atom. The molecule has 1 N–H and O–H groups in total. The number of barbiturate groups is 1. The van der Waals surface area contributed by atoms with E-state index in [0.29, 0.717) is 15.2 Å². The molecule has 3 aromatic rings. The number of carbonyl (C=O) groups excluding carboxylic acids is 3. The number of rotatable bonds is 4. The zero-order valence-electron chi connectivity index (χ0n) is 15.1. The van der Waals surface area contributed by atoms with Crippen LogP contribution < -0.4 is 10.2 Å². The summed E-state index contributed by atoms with van der Waals surface area (Å²) in [6.45, 7) is 0. The Labute approximate surface area is 193 Å². The maximum absolute atomic E-state index is 12.9. The second-order valence-corrected chi connectivity index (χ2v) is 9.99. The lowest BCUT2D eigenvalue weighted by Crippen LogP contribution is -2.54. The summed E-state index contributed by atoms with van der Waals surface area (Å²) in [6.07, 6.45) is 1.51. The number of urea groups is 1. The van der Waals surface area contributed by atoms with Gasteiger partial charge < -0.3 is 0 Å². The Morgan fingerprint density at radius 1 is 1.03 bits per heavy atom. The van der Waals surface area contributed by atoms with Crippen LogP contribution in [0.2, 0.25) is 5.02 Å². The Balaban J connectivity index is 1.60. The number of nitrogens with zero attached hydrogens (tertiary/aromatic N) is 1. The minimum atomic E-state index is -0.773. The van der Waals surface area contributed by atoms with Crippen molar-refractivity contribution in [2.45, 2.75) is 9.10 Å². The number of carbonyl (C=O) groups is 3. The van der Waals surface area contributed by atoms with E-state index < -0.39 is 17.8 Å². The first-order chi connectivity index (χ1) is 14.4. The summed E-state index contributed by atoms with van der Waals surface area (Å²) in [5.74, 6) is -1.38. The van der Waals surface area contributed by atoms with Crippen molar-refractivity contribution in [2.75, 3.05) is 4.90 Å². The maximum atomic E-state index is 12.9. The topological polar surface area (TPSA) is 66.5 Å². The molecule has 0 spiro atoms. The van der Waals surface area contributed by atoms with Crippen LogP contribution in [0.1, 0.15) is 4.88 Å². The third-order valence-corrected chi connectivity index (χ3v) is 7.01. The van der Waals surface area contributed by atoms with Gasteiger partial charge in [0.05, 0.1) is 9.90 Å². The summed E-state index contributed by atoms with van der Waals surface area (Å²) in [4.78, 5) is 40.2. The van der Waals surface area contributed by atoms with E-state index in [9.17, 15) is 14.4 Å². The maximum Gasteiger partial charge on any atom is 0.335 e. The molecule has 1 aliphatic rings. The van der Waals surface area contributed by atoms with Crippen molar-refractivity contribution in [2.24, 2.45) is 0 Å². The summed E-state index contributed by atoms with van der Waals surface area (Å²) in [5, 5.41) is 2.90. The first kappa shape index (κ1) is 20.9. The van der Waals surface area contributed by atoms with Crippen LogP contribution in [0.4, 0.5) is 10.5 Å². The van der Waals surface area contributed by atoms with Gasteiger partial charge in [0.25, 0.3) is 11.8 Å². The first-order valence-electron chi connectivity index (χ1n) is 8.61. The Bertz CT molecular complexity index is 1190. The predicted octanol–water partition coefficient (Wildman–Crippen LogP) is 5.98. The Kier molecular flexibility index (Phi) is 6.10. The number of hydrogen-bond donors (Lipinski definition) is 1. The Morgan fingerprint density at radius 2 is 1.80 bits per heavy atom. The number of nitrogens with one attached hydrogen (secondary N) is 1. The molecule has 5 nitrogen and oxygen atoms in total. The monoisotopic (exact) mass is 518 g/mol. The summed E-state index contributed by atoms with van der Waals surface area (Å²) in [7, 11) is 0.